The number of aromatic nitrogens is 1. The van der Waals surface area contributed by atoms with Crippen LogP contribution in [0.5, 0.6) is 5.75 Å². The summed E-state index contributed by atoms with van der Waals surface area (Å²) in [6, 6.07) is 3.33. The first-order valence-corrected chi connectivity index (χ1v) is 4.09. The summed E-state index contributed by atoms with van der Waals surface area (Å²) in [7, 11) is 0. The Morgan fingerprint density at radius 1 is 1.54 bits per heavy atom. The molecule has 0 aromatic carbocycles. The van der Waals surface area contributed by atoms with Crippen molar-refractivity contribution in [3.8, 4) is 17.6 Å². The Labute approximate surface area is 77.6 Å². The highest BCUT2D eigenvalue weighted by atomic mass is 16.3. The number of aromatic hydroxyl groups is 1. The van der Waals surface area contributed by atoms with Crippen molar-refractivity contribution in [3.05, 3.63) is 23.5 Å². The Morgan fingerprint density at radius 2 is 2.31 bits per heavy atom. The maximum atomic E-state index is 9.34. The molecule has 3 nitrogen and oxygen atoms in total. The quantitative estimate of drug-likeness (QED) is 0.622. The molecule has 0 aliphatic heterocycles. The Morgan fingerprint density at radius 3 is 3.00 bits per heavy atom. The van der Waals surface area contributed by atoms with Crippen molar-refractivity contribution >= 4 is 0 Å². The number of rotatable bonds is 1. The second-order valence-electron chi connectivity index (χ2n) is 2.66. The smallest absolute Gasteiger partial charge is 0.155 e. The van der Waals surface area contributed by atoms with Gasteiger partial charge < -0.3 is 10.8 Å². The lowest BCUT2D eigenvalue weighted by Crippen LogP contribution is -1.95. The van der Waals surface area contributed by atoms with Crippen LogP contribution < -0.4 is 5.73 Å². The van der Waals surface area contributed by atoms with Crippen molar-refractivity contribution in [2.24, 2.45) is 5.73 Å². The number of pyridine rings is 1. The van der Waals surface area contributed by atoms with Gasteiger partial charge in [0, 0.05) is 18.7 Å². The van der Waals surface area contributed by atoms with Gasteiger partial charge in [-0.3, -0.25) is 0 Å². The molecule has 13 heavy (non-hydrogen) atoms. The fourth-order valence-electron chi connectivity index (χ4n) is 0.860. The van der Waals surface area contributed by atoms with Crippen LogP contribution in [-0.4, -0.2) is 16.6 Å². The molecule has 1 heterocycles. The van der Waals surface area contributed by atoms with E-state index in [1.165, 1.54) is 0 Å². The molecule has 0 atom stereocenters. The second-order valence-corrected chi connectivity index (χ2v) is 2.66. The number of nitrogens with two attached hydrogens (primary N) is 1. The van der Waals surface area contributed by atoms with E-state index in [-0.39, 0.29) is 5.75 Å². The van der Waals surface area contributed by atoms with E-state index in [0.717, 1.165) is 5.69 Å². The van der Waals surface area contributed by atoms with E-state index in [1.54, 1.807) is 12.1 Å². The van der Waals surface area contributed by atoms with Gasteiger partial charge in [-0.05, 0) is 25.0 Å². The van der Waals surface area contributed by atoms with Crippen LogP contribution in [0.3, 0.4) is 0 Å². The first-order chi connectivity index (χ1) is 6.24. The van der Waals surface area contributed by atoms with Crippen molar-refractivity contribution in [2.45, 2.75) is 13.3 Å². The molecule has 0 saturated heterocycles. The van der Waals surface area contributed by atoms with Crippen molar-refractivity contribution in [1.29, 1.82) is 0 Å². The van der Waals surface area contributed by atoms with Crippen LogP contribution in [0.1, 0.15) is 17.8 Å². The zero-order valence-corrected chi connectivity index (χ0v) is 7.54. The summed E-state index contributed by atoms with van der Waals surface area (Å²) in [6.07, 6.45) is 0.620. The van der Waals surface area contributed by atoms with Crippen molar-refractivity contribution in [3.63, 3.8) is 0 Å². The zero-order chi connectivity index (χ0) is 9.68. The Hall–Kier alpha value is -1.53. The SMILES string of the molecule is Cc1ccc(O)c(C#CCCN)n1. The first kappa shape index (κ1) is 9.56. The number of hydrogen-bond donors (Lipinski definition) is 2. The largest absolute Gasteiger partial charge is 0.505 e. The Kier molecular flexibility index (Phi) is 3.30. The van der Waals surface area contributed by atoms with Crippen molar-refractivity contribution < 1.29 is 5.11 Å². The minimum atomic E-state index is 0.120. The third kappa shape index (κ3) is 2.77. The van der Waals surface area contributed by atoms with Crippen LogP contribution in [0.25, 0.3) is 0 Å². The summed E-state index contributed by atoms with van der Waals surface area (Å²) in [6.45, 7) is 2.38. The summed E-state index contributed by atoms with van der Waals surface area (Å²) in [4.78, 5) is 4.08. The fraction of sp³-hybridized carbons (Fsp3) is 0.300. The summed E-state index contributed by atoms with van der Waals surface area (Å²) in [5.41, 5.74) is 6.54. The standard InChI is InChI=1S/C10H12N2O/c1-8-5-6-10(13)9(12-8)4-2-3-7-11/h5-6,13H,3,7,11H2,1H3. The number of aryl methyl sites for hydroxylation is 1. The maximum absolute atomic E-state index is 9.34. The lowest BCUT2D eigenvalue weighted by atomic mass is 10.3. The predicted octanol–water partition coefficient (Wildman–Crippen LogP) is 0.796. The van der Waals surface area contributed by atoms with Crippen LogP contribution >= 0.6 is 0 Å². The molecule has 0 spiro atoms. The van der Waals surface area contributed by atoms with Gasteiger partial charge in [-0.25, -0.2) is 4.98 Å². The summed E-state index contributed by atoms with van der Waals surface area (Å²) in [5, 5.41) is 9.34. The average Bonchev–Trinajstić information content (AvgIpc) is 2.11. The molecule has 68 valence electrons. The number of nitrogens with zero attached hydrogens (tertiary/aromatic N) is 1. The fourth-order valence-corrected chi connectivity index (χ4v) is 0.860. The van der Waals surface area contributed by atoms with Gasteiger partial charge in [-0.2, -0.15) is 0 Å². The summed E-state index contributed by atoms with van der Waals surface area (Å²) in [5.74, 6) is 5.71. The molecule has 1 aromatic heterocycles. The van der Waals surface area contributed by atoms with E-state index < -0.39 is 0 Å². The lowest BCUT2D eigenvalue weighted by Gasteiger charge is -1.96. The molecule has 0 unspecified atom stereocenters. The predicted molar refractivity (Wildman–Crippen MR) is 51.2 cm³/mol. The van der Waals surface area contributed by atoms with Crippen LogP contribution in [0.15, 0.2) is 12.1 Å². The van der Waals surface area contributed by atoms with Crippen LogP contribution in [0.4, 0.5) is 0 Å². The van der Waals surface area contributed by atoms with Crippen LogP contribution in [0, 0.1) is 18.8 Å². The van der Waals surface area contributed by atoms with E-state index in [4.69, 9.17) is 5.73 Å². The summed E-state index contributed by atoms with van der Waals surface area (Å²) < 4.78 is 0. The molecule has 3 N–H and O–H groups in total. The average molecular weight is 176 g/mol. The van der Waals surface area contributed by atoms with E-state index in [0.29, 0.717) is 18.7 Å². The minimum absolute atomic E-state index is 0.120. The van der Waals surface area contributed by atoms with E-state index in [1.807, 2.05) is 6.92 Å². The topological polar surface area (TPSA) is 59.1 Å². The van der Waals surface area contributed by atoms with Gasteiger partial charge in [0.15, 0.2) is 5.69 Å². The molecule has 0 amide bonds. The molecule has 0 aliphatic rings. The van der Waals surface area contributed by atoms with E-state index in [9.17, 15) is 5.11 Å². The molecular weight excluding hydrogens is 164 g/mol. The van der Waals surface area contributed by atoms with E-state index >= 15 is 0 Å². The van der Waals surface area contributed by atoms with Crippen LogP contribution in [0.2, 0.25) is 0 Å². The normalized spacial score (nSPS) is 9.08. The Balaban J connectivity index is 2.89. The second kappa shape index (κ2) is 4.48. The molecule has 0 fully saturated rings. The van der Waals surface area contributed by atoms with Gasteiger partial charge in [0.1, 0.15) is 5.75 Å². The molecule has 0 bridgehead atoms. The Bertz CT molecular complexity index is 350. The molecular formula is C10H12N2O. The third-order valence-electron chi connectivity index (χ3n) is 1.49. The van der Waals surface area contributed by atoms with Gasteiger partial charge in [0.25, 0.3) is 0 Å². The molecule has 0 aliphatic carbocycles. The first-order valence-electron chi connectivity index (χ1n) is 4.09. The highest BCUT2D eigenvalue weighted by Gasteiger charge is 1.97. The van der Waals surface area contributed by atoms with Gasteiger partial charge >= 0.3 is 0 Å². The highest BCUT2D eigenvalue weighted by Crippen LogP contribution is 2.12. The maximum Gasteiger partial charge on any atom is 0.155 e. The lowest BCUT2D eigenvalue weighted by molar-refractivity contribution is 0.470. The molecule has 1 rings (SSSR count). The van der Waals surface area contributed by atoms with Gasteiger partial charge in [-0.1, -0.05) is 5.92 Å². The van der Waals surface area contributed by atoms with E-state index in [2.05, 4.69) is 16.8 Å². The van der Waals surface area contributed by atoms with Crippen LogP contribution in [-0.2, 0) is 0 Å². The third-order valence-corrected chi connectivity index (χ3v) is 1.49. The summed E-state index contributed by atoms with van der Waals surface area (Å²) >= 11 is 0. The highest BCUT2D eigenvalue weighted by molar-refractivity contribution is 5.40. The molecule has 0 radical (unpaired) electrons. The molecule has 3 heteroatoms. The van der Waals surface area contributed by atoms with Crippen molar-refractivity contribution in [2.75, 3.05) is 6.54 Å². The zero-order valence-electron chi connectivity index (χ0n) is 7.54. The van der Waals surface area contributed by atoms with Crippen molar-refractivity contribution in [1.82, 2.24) is 4.98 Å². The van der Waals surface area contributed by atoms with Gasteiger partial charge in [-0.15, -0.1) is 0 Å². The van der Waals surface area contributed by atoms with Gasteiger partial charge in [0.2, 0.25) is 0 Å². The minimum Gasteiger partial charge on any atom is -0.505 e. The molecule has 0 saturated carbocycles. The van der Waals surface area contributed by atoms with Gasteiger partial charge in [0.05, 0.1) is 0 Å². The monoisotopic (exact) mass is 176 g/mol. The molecule has 1 aromatic rings. The number of hydrogen-bond acceptors (Lipinski definition) is 3.